The van der Waals surface area contributed by atoms with Crippen LogP contribution in [-0.4, -0.2) is 18.6 Å². The van der Waals surface area contributed by atoms with Crippen LogP contribution in [0.15, 0.2) is 18.2 Å². The molecule has 1 aromatic carbocycles. The molecule has 0 atom stereocenters. The molecule has 0 aliphatic carbocycles. The van der Waals surface area contributed by atoms with Gasteiger partial charge in [0.15, 0.2) is 0 Å². The van der Waals surface area contributed by atoms with Crippen LogP contribution in [0.25, 0.3) is 0 Å². The van der Waals surface area contributed by atoms with E-state index in [1.165, 1.54) is 13.0 Å². The summed E-state index contributed by atoms with van der Waals surface area (Å²) < 4.78 is 4.72. The Kier molecular flexibility index (Phi) is 4.78. The van der Waals surface area contributed by atoms with Gasteiger partial charge in [-0.05, 0) is 25.1 Å². The van der Waals surface area contributed by atoms with E-state index < -0.39 is 6.09 Å². The predicted molar refractivity (Wildman–Crippen MR) is 66.4 cm³/mol. The Morgan fingerprint density at radius 1 is 1.35 bits per heavy atom. The highest BCUT2D eigenvalue weighted by molar-refractivity contribution is 6.34. The van der Waals surface area contributed by atoms with Gasteiger partial charge in [-0.3, -0.25) is 10.1 Å². The SMILES string of the molecule is CCOC(=O)Nc1ccc(NC(C)=O)c(Cl)c1. The summed E-state index contributed by atoms with van der Waals surface area (Å²) in [7, 11) is 0. The number of hydrogen-bond donors (Lipinski definition) is 2. The fraction of sp³-hybridized carbons (Fsp3) is 0.273. The Morgan fingerprint density at radius 2 is 2.06 bits per heavy atom. The van der Waals surface area contributed by atoms with E-state index in [1.54, 1.807) is 19.1 Å². The van der Waals surface area contributed by atoms with Crippen LogP contribution in [0.2, 0.25) is 5.02 Å². The lowest BCUT2D eigenvalue weighted by Gasteiger charge is -2.08. The molecule has 17 heavy (non-hydrogen) atoms. The molecule has 0 aliphatic rings. The highest BCUT2D eigenvalue weighted by Crippen LogP contribution is 2.25. The van der Waals surface area contributed by atoms with Gasteiger partial charge in [-0.2, -0.15) is 0 Å². The van der Waals surface area contributed by atoms with Crippen LogP contribution in [0.3, 0.4) is 0 Å². The zero-order chi connectivity index (χ0) is 12.8. The lowest BCUT2D eigenvalue weighted by Crippen LogP contribution is -2.13. The molecule has 0 unspecified atom stereocenters. The first-order valence-corrected chi connectivity index (χ1v) is 5.41. The Morgan fingerprint density at radius 3 is 2.59 bits per heavy atom. The lowest BCUT2D eigenvalue weighted by molar-refractivity contribution is -0.114. The maximum Gasteiger partial charge on any atom is 0.411 e. The zero-order valence-electron chi connectivity index (χ0n) is 9.54. The summed E-state index contributed by atoms with van der Waals surface area (Å²) in [5.74, 6) is -0.210. The number of anilines is 2. The summed E-state index contributed by atoms with van der Waals surface area (Å²) in [6.07, 6.45) is -0.546. The third-order valence-electron chi connectivity index (χ3n) is 1.80. The van der Waals surface area contributed by atoms with Crippen molar-refractivity contribution in [1.29, 1.82) is 0 Å². The van der Waals surface area contributed by atoms with Crippen molar-refractivity contribution in [2.45, 2.75) is 13.8 Å². The Labute approximate surface area is 104 Å². The number of rotatable bonds is 3. The first-order valence-electron chi connectivity index (χ1n) is 5.04. The minimum atomic E-state index is -0.546. The number of amides is 2. The monoisotopic (exact) mass is 256 g/mol. The number of halogens is 1. The molecular formula is C11H13ClN2O3. The van der Waals surface area contributed by atoms with Crippen LogP contribution in [0.4, 0.5) is 16.2 Å². The Bertz CT molecular complexity index is 435. The van der Waals surface area contributed by atoms with E-state index in [2.05, 4.69) is 10.6 Å². The Hall–Kier alpha value is -1.75. The van der Waals surface area contributed by atoms with Gasteiger partial charge in [0.05, 0.1) is 17.3 Å². The van der Waals surface area contributed by atoms with E-state index in [9.17, 15) is 9.59 Å². The molecule has 0 spiro atoms. The van der Waals surface area contributed by atoms with E-state index in [0.717, 1.165) is 0 Å². The third-order valence-corrected chi connectivity index (χ3v) is 2.11. The average molecular weight is 257 g/mol. The second kappa shape index (κ2) is 6.10. The number of ether oxygens (including phenoxy) is 1. The topological polar surface area (TPSA) is 67.4 Å². The summed E-state index contributed by atoms with van der Waals surface area (Å²) in [5.41, 5.74) is 0.996. The molecule has 1 rings (SSSR count). The van der Waals surface area contributed by atoms with E-state index in [4.69, 9.17) is 16.3 Å². The van der Waals surface area contributed by atoms with Gasteiger partial charge in [0.1, 0.15) is 0 Å². The molecule has 0 bridgehead atoms. The molecule has 0 aromatic heterocycles. The zero-order valence-corrected chi connectivity index (χ0v) is 10.3. The average Bonchev–Trinajstić information content (AvgIpc) is 2.22. The summed E-state index contributed by atoms with van der Waals surface area (Å²) in [5, 5.41) is 5.41. The summed E-state index contributed by atoms with van der Waals surface area (Å²) in [6, 6.07) is 4.75. The van der Waals surface area contributed by atoms with Crippen LogP contribution in [0.1, 0.15) is 13.8 Å². The molecule has 6 heteroatoms. The van der Waals surface area contributed by atoms with E-state index >= 15 is 0 Å². The van der Waals surface area contributed by atoms with Gasteiger partial charge < -0.3 is 10.1 Å². The summed E-state index contributed by atoms with van der Waals surface area (Å²) >= 11 is 5.93. The van der Waals surface area contributed by atoms with Crippen LogP contribution in [0.5, 0.6) is 0 Å². The smallest absolute Gasteiger partial charge is 0.411 e. The van der Waals surface area contributed by atoms with Gasteiger partial charge in [0, 0.05) is 12.6 Å². The minimum Gasteiger partial charge on any atom is -0.450 e. The van der Waals surface area contributed by atoms with E-state index in [0.29, 0.717) is 23.0 Å². The summed E-state index contributed by atoms with van der Waals surface area (Å²) in [4.78, 5) is 22.0. The van der Waals surface area contributed by atoms with Gasteiger partial charge in [-0.1, -0.05) is 11.6 Å². The van der Waals surface area contributed by atoms with Gasteiger partial charge in [0.25, 0.3) is 0 Å². The number of nitrogens with one attached hydrogen (secondary N) is 2. The van der Waals surface area contributed by atoms with Crippen LogP contribution in [-0.2, 0) is 9.53 Å². The van der Waals surface area contributed by atoms with Gasteiger partial charge in [-0.15, -0.1) is 0 Å². The maximum atomic E-state index is 11.1. The van der Waals surface area contributed by atoms with Crippen LogP contribution in [0, 0.1) is 0 Å². The third kappa shape index (κ3) is 4.32. The molecule has 92 valence electrons. The maximum absolute atomic E-state index is 11.1. The second-order valence-electron chi connectivity index (χ2n) is 3.22. The normalized spacial score (nSPS) is 9.59. The molecule has 2 N–H and O–H groups in total. The summed E-state index contributed by atoms with van der Waals surface area (Å²) in [6.45, 7) is 3.40. The van der Waals surface area contributed by atoms with Crippen molar-refractivity contribution in [1.82, 2.24) is 0 Å². The van der Waals surface area contributed by atoms with Crippen molar-refractivity contribution >= 4 is 35.0 Å². The standard InChI is InChI=1S/C11H13ClN2O3/c1-3-17-11(16)14-8-4-5-10(9(12)6-8)13-7(2)15/h4-6H,3H2,1-2H3,(H,13,15)(H,14,16). The highest BCUT2D eigenvalue weighted by atomic mass is 35.5. The molecule has 0 fully saturated rings. The largest absolute Gasteiger partial charge is 0.450 e. The number of benzene rings is 1. The molecule has 5 nitrogen and oxygen atoms in total. The highest BCUT2D eigenvalue weighted by Gasteiger charge is 2.06. The van der Waals surface area contributed by atoms with Crippen LogP contribution < -0.4 is 10.6 Å². The van der Waals surface area contributed by atoms with Crippen molar-refractivity contribution in [3.05, 3.63) is 23.2 Å². The van der Waals surface area contributed by atoms with Crippen molar-refractivity contribution in [3.8, 4) is 0 Å². The second-order valence-corrected chi connectivity index (χ2v) is 3.63. The number of carbonyl (C=O) groups excluding carboxylic acids is 2. The van der Waals surface area contributed by atoms with Crippen molar-refractivity contribution in [2.75, 3.05) is 17.2 Å². The van der Waals surface area contributed by atoms with E-state index in [-0.39, 0.29) is 5.91 Å². The molecule has 0 radical (unpaired) electrons. The predicted octanol–water partition coefficient (Wildman–Crippen LogP) is 2.87. The van der Waals surface area contributed by atoms with Crippen molar-refractivity contribution in [3.63, 3.8) is 0 Å². The van der Waals surface area contributed by atoms with Crippen molar-refractivity contribution < 1.29 is 14.3 Å². The van der Waals surface area contributed by atoms with Gasteiger partial charge in [-0.25, -0.2) is 4.79 Å². The van der Waals surface area contributed by atoms with Crippen molar-refractivity contribution in [2.24, 2.45) is 0 Å². The fourth-order valence-corrected chi connectivity index (χ4v) is 1.40. The molecule has 0 saturated carbocycles. The molecular weight excluding hydrogens is 244 g/mol. The van der Waals surface area contributed by atoms with Crippen LogP contribution >= 0.6 is 11.6 Å². The lowest BCUT2D eigenvalue weighted by atomic mass is 10.2. The molecule has 0 aliphatic heterocycles. The molecule has 0 heterocycles. The number of carbonyl (C=O) groups is 2. The van der Waals surface area contributed by atoms with Gasteiger partial charge >= 0.3 is 6.09 Å². The van der Waals surface area contributed by atoms with E-state index in [1.807, 2.05) is 0 Å². The fourth-order valence-electron chi connectivity index (χ4n) is 1.17. The van der Waals surface area contributed by atoms with Gasteiger partial charge in [0.2, 0.25) is 5.91 Å². The Balaban J connectivity index is 2.74. The number of hydrogen-bond acceptors (Lipinski definition) is 3. The molecule has 2 amide bonds. The molecule has 0 saturated heterocycles. The molecule has 1 aromatic rings. The minimum absolute atomic E-state index is 0.210. The quantitative estimate of drug-likeness (QED) is 0.874. The first-order chi connectivity index (χ1) is 8.02. The first kappa shape index (κ1) is 13.3.